The zero-order valence-corrected chi connectivity index (χ0v) is 25.2. The van der Waals surface area contributed by atoms with E-state index < -0.39 is 0 Å². The first-order chi connectivity index (χ1) is 16.8. The van der Waals surface area contributed by atoms with Gasteiger partial charge in [-0.15, -0.1) is 0 Å². The standard InChI is InChI=1S/C27H42N2O4.C2H6.H3P.H2/c1-20(2)11-8-6-7-9-13-26(30)28-19-22-14-15-24(25(18-22)32-5)33-27(31)29-16-10-12-23(29)17-21(3)4;1-2;;/h8,11,14-15,18,20-21,23H,6-7,9-10,12-13,16-17,19H2,1-5H3,(H,28,30);1-2H3;1H3;1H/b11-8+;;;. The highest BCUT2D eigenvalue weighted by Crippen LogP contribution is 2.30. The maximum absolute atomic E-state index is 12.8. The van der Waals surface area contributed by atoms with E-state index in [0.29, 0.717) is 36.3 Å². The van der Waals surface area contributed by atoms with Crippen molar-refractivity contribution in [3.63, 3.8) is 0 Å². The van der Waals surface area contributed by atoms with Crippen molar-refractivity contribution in [2.45, 2.75) is 99.1 Å². The van der Waals surface area contributed by atoms with Crippen LogP contribution in [0, 0.1) is 11.8 Å². The van der Waals surface area contributed by atoms with Crippen LogP contribution in [-0.4, -0.2) is 36.6 Å². The zero-order chi connectivity index (χ0) is 26.2. The van der Waals surface area contributed by atoms with Crippen molar-refractivity contribution >= 4 is 21.9 Å². The van der Waals surface area contributed by atoms with E-state index in [-0.39, 0.29) is 29.4 Å². The lowest BCUT2D eigenvalue weighted by molar-refractivity contribution is -0.121. The van der Waals surface area contributed by atoms with Gasteiger partial charge in [0, 0.05) is 27.0 Å². The molecule has 1 saturated heterocycles. The molecule has 1 fully saturated rings. The van der Waals surface area contributed by atoms with Crippen LogP contribution in [0.15, 0.2) is 30.4 Å². The average molecular weight is 525 g/mol. The second-order valence-electron chi connectivity index (χ2n) is 9.67. The summed E-state index contributed by atoms with van der Waals surface area (Å²) in [4.78, 5) is 26.7. The minimum atomic E-state index is -0.319. The van der Waals surface area contributed by atoms with Crippen LogP contribution in [-0.2, 0) is 11.3 Å². The second kappa shape index (κ2) is 19.1. The molecule has 1 aliphatic heterocycles. The molecule has 7 heteroatoms. The average Bonchev–Trinajstić information content (AvgIpc) is 3.29. The molecule has 2 rings (SSSR count). The lowest BCUT2D eigenvalue weighted by Crippen LogP contribution is -2.38. The molecule has 6 nitrogen and oxygen atoms in total. The van der Waals surface area contributed by atoms with E-state index in [1.807, 2.05) is 30.9 Å². The number of amides is 2. The quantitative estimate of drug-likeness (QED) is 0.175. The number of hydrogen-bond acceptors (Lipinski definition) is 4. The van der Waals surface area contributed by atoms with E-state index >= 15 is 0 Å². The van der Waals surface area contributed by atoms with Crippen molar-refractivity contribution in [2.24, 2.45) is 11.8 Å². The Labute approximate surface area is 224 Å². The zero-order valence-electron chi connectivity index (χ0n) is 23.8. The Bertz CT molecular complexity index is 802. The molecule has 36 heavy (non-hydrogen) atoms. The predicted molar refractivity (Wildman–Crippen MR) is 157 cm³/mol. The van der Waals surface area contributed by atoms with Gasteiger partial charge < -0.3 is 19.7 Å². The first-order valence-corrected chi connectivity index (χ1v) is 13.4. The number of benzene rings is 1. The van der Waals surface area contributed by atoms with Crippen LogP contribution < -0.4 is 14.8 Å². The number of nitrogens with one attached hydrogen (secondary N) is 1. The first kappa shape index (κ1) is 33.9. The van der Waals surface area contributed by atoms with Gasteiger partial charge in [-0.3, -0.25) is 4.79 Å². The number of carbonyl (C=O) groups is 2. The normalized spacial score (nSPS) is 14.9. The Kier molecular flexibility index (Phi) is 18.0. The minimum absolute atomic E-state index is 0. The summed E-state index contributed by atoms with van der Waals surface area (Å²) in [6.45, 7) is 13.8. The lowest BCUT2D eigenvalue weighted by Gasteiger charge is -2.25. The van der Waals surface area contributed by atoms with Gasteiger partial charge in [-0.05, 0) is 68.1 Å². The Morgan fingerprint density at radius 2 is 1.89 bits per heavy atom. The Hall–Kier alpha value is -2.07. The summed E-state index contributed by atoms with van der Waals surface area (Å²) >= 11 is 0. The molecular formula is C29H53N2O4P. The summed E-state index contributed by atoms with van der Waals surface area (Å²) in [5, 5.41) is 2.96. The Morgan fingerprint density at radius 1 is 1.17 bits per heavy atom. The largest absolute Gasteiger partial charge is 0.493 e. The summed E-state index contributed by atoms with van der Waals surface area (Å²) in [5.74, 6) is 2.05. The Morgan fingerprint density at radius 3 is 2.53 bits per heavy atom. The molecular weight excluding hydrogens is 471 g/mol. The van der Waals surface area contributed by atoms with Gasteiger partial charge in [-0.2, -0.15) is 9.90 Å². The monoisotopic (exact) mass is 524 g/mol. The molecule has 208 valence electrons. The van der Waals surface area contributed by atoms with Gasteiger partial charge >= 0.3 is 6.09 Å². The molecule has 1 aromatic rings. The molecule has 1 aromatic carbocycles. The number of rotatable bonds is 12. The van der Waals surface area contributed by atoms with E-state index in [1.165, 1.54) is 0 Å². The molecule has 1 N–H and O–H groups in total. The fourth-order valence-corrected chi connectivity index (χ4v) is 4.13. The third-order valence-electron chi connectivity index (χ3n) is 5.82. The van der Waals surface area contributed by atoms with Gasteiger partial charge in [0.2, 0.25) is 5.91 Å². The van der Waals surface area contributed by atoms with Crippen molar-refractivity contribution in [3.8, 4) is 11.5 Å². The van der Waals surface area contributed by atoms with E-state index in [1.54, 1.807) is 13.2 Å². The van der Waals surface area contributed by atoms with Crippen LogP contribution >= 0.6 is 9.90 Å². The van der Waals surface area contributed by atoms with Crippen LogP contribution in [0.2, 0.25) is 0 Å². The van der Waals surface area contributed by atoms with Crippen LogP contribution in [0.3, 0.4) is 0 Å². The fraction of sp³-hybridized carbons (Fsp3) is 0.655. The van der Waals surface area contributed by atoms with Crippen molar-refractivity contribution in [1.82, 2.24) is 10.2 Å². The summed E-state index contributed by atoms with van der Waals surface area (Å²) in [6, 6.07) is 5.66. The number of likely N-dealkylation sites (tertiary alicyclic amines) is 1. The third-order valence-corrected chi connectivity index (χ3v) is 5.82. The number of hydrogen-bond donors (Lipinski definition) is 1. The van der Waals surface area contributed by atoms with E-state index in [4.69, 9.17) is 9.47 Å². The predicted octanol–water partition coefficient (Wildman–Crippen LogP) is 7.42. The Balaban J connectivity index is 0. The highest BCUT2D eigenvalue weighted by molar-refractivity contribution is 6.92. The molecule has 0 bridgehead atoms. The highest BCUT2D eigenvalue weighted by Gasteiger charge is 2.31. The molecule has 1 heterocycles. The van der Waals surface area contributed by atoms with Gasteiger partial charge in [0.15, 0.2) is 11.5 Å². The summed E-state index contributed by atoms with van der Waals surface area (Å²) in [5.41, 5.74) is 0.902. The van der Waals surface area contributed by atoms with Crippen molar-refractivity contribution in [1.29, 1.82) is 0 Å². The molecule has 0 aliphatic carbocycles. The van der Waals surface area contributed by atoms with E-state index in [0.717, 1.165) is 50.6 Å². The molecule has 1 aliphatic rings. The van der Waals surface area contributed by atoms with Crippen molar-refractivity contribution in [2.75, 3.05) is 13.7 Å². The van der Waals surface area contributed by atoms with Gasteiger partial charge in [0.1, 0.15) is 0 Å². The molecule has 2 atom stereocenters. The third kappa shape index (κ3) is 12.8. The highest BCUT2D eigenvalue weighted by atomic mass is 31.0. The maximum atomic E-state index is 12.8. The lowest BCUT2D eigenvalue weighted by atomic mass is 10.0. The molecule has 0 spiro atoms. The van der Waals surface area contributed by atoms with Crippen LogP contribution in [0.25, 0.3) is 0 Å². The molecule has 2 unspecified atom stereocenters. The number of carbonyl (C=O) groups excluding carboxylic acids is 2. The summed E-state index contributed by atoms with van der Waals surface area (Å²) in [6.07, 6.45) is 10.5. The number of allylic oxidation sites excluding steroid dienone is 2. The van der Waals surface area contributed by atoms with Crippen molar-refractivity contribution < 1.29 is 20.5 Å². The van der Waals surface area contributed by atoms with Crippen LogP contribution in [0.5, 0.6) is 11.5 Å². The van der Waals surface area contributed by atoms with Crippen LogP contribution in [0.1, 0.15) is 93.5 Å². The number of nitrogens with zero attached hydrogens (tertiary/aromatic N) is 1. The fourth-order valence-electron chi connectivity index (χ4n) is 4.13. The second-order valence-corrected chi connectivity index (χ2v) is 9.67. The SMILES string of the molecule is CC.COc1cc(CNC(=O)CCCC/C=C/C(C)C)ccc1OC(=O)N1CCCC1CC(C)C.P.[HH]. The topological polar surface area (TPSA) is 67.9 Å². The number of unbranched alkanes of at least 4 members (excludes halogenated alkanes) is 2. The summed E-state index contributed by atoms with van der Waals surface area (Å²) < 4.78 is 11.1. The van der Waals surface area contributed by atoms with Gasteiger partial charge in [0.25, 0.3) is 0 Å². The summed E-state index contributed by atoms with van der Waals surface area (Å²) in [7, 11) is 1.56. The van der Waals surface area contributed by atoms with Gasteiger partial charge in [0.05, 0.1) is 7.11 Å². The minimum Gasteiger partial charge on any atom is -0.493 e. The maximum Gasteiger partial charge on any atom is 0.415 e. The van der Waals surface area contributed by atoms with Crippen molar-refractivity contribution in [3.05, 3.63) is 35.9 Å². The molecule has 0 radical (unpaired) electrons. The molecule has 2 amide bonds. The van der Waals surface area contributed by atoms with Gasteiger partial charge in [-0.1, -0.05) is 59.8 Å². The van der Waals surface area contributed by atoms with Gasteiger partial charge in [-0.25, -0.2) is 4.79 Å². The van der Waals surface area contributed by atoms with E-state index in [9.17, 15) is 9.59 Å². The van der Waals surface area contributed by atoms with E-state index in [2.05, 4.69) is 45.2 Å². The number of methoxy groups -OCH3 is 1. The smallest absolute Gasteiger partial charge is 0.415 e. The number of ether oxygens (including phenoxy) is 2. The van der Waals surface area contributed by atoms with Crippen LogP contribution in [0.4, 0.5) is 4.79 Å². The molecule has 0 saturated carbocycles. The molecule has 0 aromatic heterocycles. The first-order valence-electron chi connectivity index (χ1n) is 13.4.